The molecule has 0 unspecified atom stereocenters. The van der Waals surface area contributed by atoms with Gasteiger partial charge in [-0.2, -0.15) is 9.59 Å². The van der Waals surface area contributed by atoms with Gasteiger partial charge in [0.1, 0.15) is 18.3 Å². The molecule has 0 radical (unpaired) electrons. The fourth-order valence-corrected chi connectivity index (χ4v) is 1.03. The van der Waals surface area contributed by atoms with Gasteiger partial charge in [-0.25, -0.2) is 0 Å². The lowest BCUT2D eigenvalue weighted by molar-refractivity contribution is -0.331. The van der Waals surface area contributed by atoms with Crippen LogP contribution in [0.5, 0.6) is 0 Å². The van der Waals surface area contributed by atoms with E-state index in [9.17, 15) is 5.11 Å². The molecule has 1 heterocycles. The molecule has 0 aromatic rings. The van der Waals surface area contributed by atoms with E-state index in [0.717, 1.165) is 0 Å². The van der Waals surface area contributed by atoms with Gasteiger partial charge in [-0.05, 0) is 0 Å². The van der Waals surface area contributed by atoms with Crippen molar-refractivity contribution in [2.75, 3.05) is 13.2 Å². The van der Waals surface area contributed by atoms with E-state index in [4.69, 9.17) is 30.0 Å². The van der Waals surface area contributed by atoms with Crippen LogP contribution in [0.1, 0.15) is 0 Å². The Morgan fingerprint density at radius 3 is 2.20 bits per heavy atom. The fraction of sp³-hybridized carbons (Fsp3) is 0.857. The van der Waals surface area contributed by atoms with Crippen molar-refractivity contribution in [1.29, 1.82) is 0 Å². The molecule has 0 aromatic carbocycles. The largest absolute Gasteiger partial charge is 0.391 e. The van der Waals surface area contributed by atoms with E-state index in [1.807, 2.05) is 0 Å². The van der Waals surface area contributed by atoms with Crippen molar-refractivity contribution in [1.82, 2.24) is 0 Å². The predicted octanol–water partition coefficient (Wildman–Crippen LogP) is -3.80. The molecule has 8 nitrogen and oxygen atoms in total. The van der Waals surface area contributed by atoms with Crippen LogP contribution in [0.25, 0.3) is 0 Å². The van der Waals surface area contributed by atoms with Crippen LogP contribution in [0.15, 0.2) is 0 Å². The zero-order valence-corrected chi connectivity index (χ0v) is 7.61. The molecule has 4 atom stereocenters. The first-order chi connectivity index (χ1) is 6.92. The van der Waals surface area contributed by atoms with E-state index in [0.29, 0.717) is 0 Å². The minimum absolute atomic E-state index is 0.250. The molecule has 0 amide bonds. The van der Waals surface area contributed by atoms with E-state index >= 15 is 0 Å². The van der Waals surface area contributed by atoms with Crippen LogP contribution < -0.4 is 0 Å². The molecule has 1 fully saturated rings. The summed E-state index contributed by atoms with van der Waals surface area (Å²) in [6, 6.07) is 0. The van der Waals surface area contributed by atoms with Crippen molar-refractivity contribution in [3.63, 3.8) is 0 Å². The van der Waals surface area contributed by atoms with Gasteiger partial charge in [0.25, 0.3) is 0 Å². The number of hydrogen-bond donors (Lipinski definition) is 5. The second-order valence-electron chi connectivity index (χ2n) is 2.90. The van der Waals surface area contributed by atoms with Crippen LogP contribution in [-0.2, 0) is 14.3 Å². The van der Waals surface area contributed by atoms with E-state index < -0.39 is 30.7 Å². The van der Waals surface area contributed by atoms with Crippen LogP contribution in [0, 0.1) is 0 Å². The van der Waals surface area contributed by atoms with Gasteiger partial charge in [0.05, 0.1) is 13.2 Å². The lowest BCUT2D eigenvalue weighted by atomic mass is 9.98. The molecule has 0 aliphatic carbocycles. The van der Waals surface area contributed by atoms with Crippen molar-refractivity contribution in [3.8, 4) is 0 Å². The summed E-state index contributed by atoms with van der Waals surface area (Å²) in [5.74, 6) is -2.17. The Balaban J connectivity index is 0.000000583. The first kappa shape index (κ1) is 14.1. The third kappa shape index (κ3) is 3.33. The summed E-state index contributed by atoms with van der Waals surface area (Å²) >= 11 is 0. The molecule has 15 heavy (non-hydrogen) atoms. The minimum Gasteiger partial charge on any atom is -0.391 e. The Labute approximate surface area is 84.3 Å². The highest BCUT2D eigenvalue weighted by Gasteiger charge is 2.47. The lowest BCUT2D eigenvalue weighted by Crippen LogP contribution is -2.62. The maximum absolute atomic E-state index is 9.24. The molecule has 5 N–H and O–H groups in total. The molecular formula is C7H12O8. The molecule has 1 rings (SSSR count). The summed E-state index contributed by atoms with van der Waals surface area (Å²) < 4.78 is 4.56. The van der Waals surface area contributed by atoms with Crippen LogP contribution >= 0.6 is 0 Å². The molecule has 1 aliphatic heterocycles. The SMILES string of the molecule is O=C=O.OC[C@]1(O)OC[C@@H](O)[C@@H](O)[C@@H]1O. The molecule has 0 aromatic heterocycles. The van der Waals surface area contributed by atoms with Gasteiger partial charge in [-0.15, -0.1) is 0 Å². The number of rotatable bonds is 1. The van der Waals surface area contributed by atoms with Crippen LogP contribution in [-0.4, -0.2) is 69.0 Å². The first-order valence-corrected chi connectivity index (χ1v) is 3.93. The highest BCUT2D eigenvalue weighted by molar-refractivity contribution is 5.20. The Kier molecular flexibility index (Phi) is 5.55. The summed E-state index contributed by atoms with van der Waals surface area (Å²) in [6.45, 7) is -1.16. The number of aliphatic hydroxyl groups excluding tert-OH is 4. The van der Waals surface area contributed by atoms with Crippen LogP contribution in [0.3, 0.4) is 0 Å². The topological polar surface area (TPSA) is 145 Å². The van der Waals surface area contributed by atoms with Crippen molar-refractivity contribution >= 4 is 6.15 Å². The normalized spacial score (nSPS) is 39.9. The van der Waals surface area contributed by atoms with Gasteiger partial charge in [0.15, 0.2) is 0 Å². The molecule has 8 heteroatoms. The maximum atomic E-state index is 9.24. The Morgan fingerprint density at radius 2 is 1.80 bits per heavy atom. The predicted molar refractivity (Wildman–Crippen MR) is 41.0 cm³/mol. The van der Waals surface area contributed by atoms with Gasteiger partial charge in [0.2, 0.25) is 5.79 Å². The second kappa shape index (κ2) is 5.89. The number of hydrogen-bond acceptors (Lipinski definition) is 8. The van der Waals surface area contributed by atoms with Gasteiger partial charge >= 0.3 is 6.15 Å². The fourth-order valence-electron chi connectivity index (χ4n) is 1.03. The third-order valence-electron chi connectivity index (χ3n) is 1.91. The highest BCUT2D eigenvalue weighted by Crippen LogP contribution is 2.22. The van der Waals surface area contributed by atoms with Crippen LogP contribution in [0.2, 0.25) is 0 Å². The van der Waals surface area contributed by atoms with Gasteiger partial charge in [-0.1, -0.05) is 0 Å². The summed E-state index contributed by atoms with van der Waals surface area (Å²) in [5.41, 5.74) is 0. The molecule has 1 aliphatic rings. The third-order valence-corrected chi connectivity index (χ3v) is 1.91. The molecule has 0 bridgehead atoms. The van der Waals surface area contributed by atoms with Crippen molar-refractivity contribution in [2.24, 2.45) is 0 Å². The Morgan fingerprint density at radius 1 is 1.33 bits per heavy atom. The molecule has 0 spiro atoms. The lowest BCUT2D eigenvalue weighted by Gasteiger charge is -2.40. The molecular weight excluding hydrogens is 212 g/mol. The number of ether oxygens (including phenoxy) is 1. The van der Waals surface area contributed by atoms with E-state index in [2.05, 4.69) is 4.74 Å². The summed E-state index contributed by atoms with van der Waals surface area (Å²) in [4.78, 5) is 16.2. The van der Waals surface area contributed by atoms with Gasteiger partial charge in [-0.3, -0.25) is 0 Å². The van der Waals surface area contributed by atoms with E-state index in [1.54, 1.807) is 0 Å². The van der Waals surface area contributed by atoms with E-state index in [-0.39, 0.29) is 12.8 Å². The molecule has 88 valence electrons. The smallest absolute Gasteiger partial charge is 0.373 e. The van der Waals surface area contributed by atoms with Gasteiger partial charge in [0, 0.05) is 0 Å². The average molecular weight is 224 g/mol. The zero-order chi connectivity index (χ0) is 12.1. The summed E-state index contributed by atoms with van der Waals surface area (Å²) in [6.07, 6.45) is -4.20. The average Bonchev–Trinajstić information content (AvgIpc) is 2.22. The summed E-state index contributed by atoms with van der Waals surface area (Å²) in [5, 5.41) is 45.0. The van der Waals surface area contributed by atoms with Crippen molar-refractivity contribution in [2.45, 2.75) is 24.1 Å². The second-order valence-corrected chi connectivity index (χ2v) is 2.90. The van der Waals surface area contributed by atoms with Crippen molar-refractivity contribution < 1.29 is 39.9 Å². The monoisotopic (exact) mass is 224 g/mol. The van der Waals surface area contributed by atoms with E-state index in [1.165, 1.54) is 0 Å². The standard InChI is InChI=1S/C6H12O6.CO2/c7-2-6(11)5(10)4(9)3(8)1-12-6;2-1-3/h3-5,7-11H,1-2H2;/t3-,4-,5+,6+;/m1./s1. The molecule has 1 saturated heterocycles. The van der Waals surface area contributed by atoms with Crippen LogP contribution in [0.4, 0.5) is 0 Å². The Bertz CT molecular complexity index is 225. The first-order valence-electron chi connectivity index (χ1n) is 3.93. The van der Waals surface area contributed by atoms with Crippen molar-refractivity contribution in [3.05, 3.63) is 0 Å². The van der Waals surface area contributed by atoms with Gasteiger partial charge < -0.3 is 30.3 Å². The summed E-state index contributed by atoms with van der Waals surface area (Å²) in [7, 11) is 0. The minimum atomic E-state index is -2.17. The zero-order valence-electron chi connectivity index (χ0n) is 7.61. The highest BCUT2D eigenvalue weighted by atomic mass is 16.7. The Hall–Kier alpha value is -0.860. The quantitative estimate of drug-likeness (QED) is 0.305. The number of aliphatic hydroxyl groups is 5. The maximum Gasteiger partial charge on any atom is 0.373 e. The molecule has 0 saturated carbocycles. The number of carbonyl (C=O) groups excluding carboxylic acids is 2.